The number of likely N-dealkylation sites (N-methyl/N-ethyl adjacent to an activating group) is 1. The topological polar surface area (TPSA) is 33.2 Å². The molecule has 1 amide bonds. The van der Waals surface area contributed by atoms with Gasteiger partial charge in [-0.3, -0.25) is 9.69 Å². The van der Waals surface area contributed by atoms with Crippen molar-refractivity contribution in [1.29, 1.82) is 0 Å². The highest BCUT2D eigenvalue weighted by atomic mass is 16.2. The number of aromatic nitrogens is 1. The molecule has 1 aromatic heterocycles. The Balaban J connectivity index is 2.21. The summed E-state index contributed by atoms with van der Waals surface area (Å²) in [5.74, 6) is 0.821. The summed E-state index contributed by atoms with van der Waals surface area (Å²) in [7, 11) is 0. The van der Waals surface area contributed by atoms with Gasteiger partial charge in [-0.05, 0) is 44.0 Å². The van der Waals surface area contributed by atoms with Crippen molar-refractivity contribution in [1.82, 2.24) is 4.98 Å². The summed E-state index contributed by atoms with van der Waals surface area (Å²) in [5, 5.41) is 0. The summed E-state index contributed by atoms with van der Waals surface area (Å²) in [5.41, 5.74) is 3.09. The average molecular weight is 268 g/mol. The van der Waals surface area contributed by atoms with Crippen molar-refractivity contribution in [2.24, 2.45) is 0 Å². The average Bonchev–Trinajstić information content (AvgIpc) is 2.39. The third-order valence-electron chi connectivity index (χ3n) is 3.18. The number of carbonyl (C=O) groups is 1. The van der Waals surface area contributed by atoms with E-state index in [2.05, 4.69) is 4.98 Å². The van der Waals surface area contributed by atoms with Gasteiger partial charge in [0.15, 0.2) is 0 Å². The van der Waals surface area contributed by atoms with E-state index in [1.807, 2.05) is 63.2 Å². The molecule has 0 aliphatic heterocycles. The molecule has 0 N–H and O–H groups in total. The van der Waals surface area contributed by atoms with Crippen LogP contribution in [0.15, 0.2) is 42.5 Å². The molecule has 20 heavy (non-hydrogen) atoms. The third-order valence-corrected chi connectivity index (χ3v) is 3.18. The zero-order valence-electron chi connectivity index (χ0n) is 12.3. The maximum absolute atomic E-state index is 12.5. The summed E-state index contributed by atoms with van der Waals surface area (Å²) in [6.45, 7) is 6.57. The fourth-order valence-corrected chi connectivity index (χ4v) is 2.29. The first-order valence-electron chi connectivity index (χ1n) is 6.89. The monoisotopic (exact) mass is 268 g/mol. The normalized spacial score (nSPS) is 10.3. The van der Waals surface area contributed by atoms with Crippen LogP contribution in [0, 0.1) is 13.8 Å². The van der Waals surface area contributed by atoms with Crippen molar-refractivity contribution in [3.8, 4) is 0 Å². The molecule has 0 fully saturated rings. The van der Waals surface area contributed by atoms with Gasteiger partial charge in [0, 0.05) is 12.2 Å². The Morgan fingerprint density at radius 3 is 2.45 bits per heavy atom. The second kappa shape index (κ2) is 6.33. The van der Waals surface area contributed by atoms with Gasteiger partial charge in [-0.1, -0.05) is 30.3 Å². The second-order valence-corrected chi connectivity index (χ2v) is 4.94. The van der Waals surface area contributed by atoms with Crippen LogP contribution in [0.5, 0.6) is 0 Å². The van der Waals surface area contributed by atoms with Crippen LogP contribution >= 0.6 is 0 Å². The molecule has 0 saturated heterocycles. The number of aryl methyl sites for hydroxylation is 2. The molecular formula is C17H20N2O. The van der Waals surface area contributed by atoms with Gasteiger partial charge >= 0.3 is 0 Å². The van der Waals surface area contributed by atoms with E-state index in [4.69, 9.17) is 0 Å². The second-order valence-electron chi connectivity index (χ2n) is 4.94. The van der Waals surface area contributed by atoms with Gasteiger partial charge < -0.3 is 0 Å². The molecule has 0 radical (unpaired) electrons. The summed E-state index contributed by atoms with van der Waals surface area (Å²) in [4.78, 5) is 18.7. The van der Waals surface area contributed by atoms with Gasteiger partial charge in [0.2, 0.25) is 5.91 Å². The van der Waals surface area contributed by atoms with Crippen molar-refractivity contribution < 1.29 is 4.79 Å². The van der Waals surface area contributed by atoms with Crippen LogP contribution < -0.4 is 4.90 Å². The van der Waals surface area contributed by atoms with E-state index in [-0.39, 0.29) is 5.91 Å². The number of carbonyl (C=O) groups excluding carboxylic acids is 1. The van der Waals surface area contributed by atoms with Crippen LogP contribution in [0.2, 0.25) is 0 Å². The molecule has 0 unspecified atom stereocenters. The lowest BCUT2D eigenvalue weighted by molar-refractivity contribution is -0.118. The molecule has 1 heterocycles. The van der Waals surface area contributed by atoms with Gasteiger partial charge in [0.25, 0.3) is 0 Å². The molecule has 2 aromatic rings. The van der Waals surface area contributed by atoms with Crippen LogP contribution in [0.1, 0.15) is 23.7 Å². The molecule has 0 atom stereocenters. The number of anilines is 1. The van der Waals surface area contributed by atoms with Crippen molar-refractivity contribution in [2.75, 3.05) is 11.4 Å². The van der Waals surface area contributed by atoms with Crippen molar-refractivity contribution in [2.45, 2.75) is 27.2 Å². The molecule has 0 bridgehead atoms. The van der Waals surface area contributed by atoms with Gasteiger partial charge in [0.05, 0.1) is 6.42 Å². The number of pyridine rings is 1. The predicted molar refractivity (Wildman–Crippen MR) is 81.9 cm³/mol. The smallest absolute Gasteiger partial charge is 0.232 e. The SMILES string of the molecule is CCN(C(=O)Cc1ccccc1)c1cc(C)cc(C)n1. The summed E-state index contributed by atoms with van der Waals surface area (Å²) >= 11 is 0. The van der Waals surface area contributed by atoms with Gasteiger partial charge in [-0.15, -0.1) is 0 Å². The van der Waals surface area contributed by atoms with Crippen LogP contribution in [0.25, 0.3) is 0 Å². The maximum atomic E-state index is 12.5. The van der Waals surface area contributed by atoms with Gasteiger partial charge in [0.1, 0.15) is 5.82 Å². The van der Waals surface area contributed by atoms with Crippen LogP contribution in [-0.4, -0.2) is 17.4 Å². The number of hydrogen-bond acceptors (Lipinski definition) is 2. The third kappa shape index (κ3) is 3.44. The zero-order chi connectivity index (χ0) is 14.5. The predicted octanol–water partition coefficient (Wildman–Crippen LogP) is 3.29. The lowest BCUT2D eigenvalue weighted by Gasteiger charge is -2.21. The zero-order valence-corrected chi connectivity index (χ0v) is 12.3. The van der Waals surface area contributed by atoms with E-state index in [1.54, 1.807) is 4.90 Å². The minimum Gasteiger partial charge on any atom is -0.297 e. The Labute approximate surface area is 120 Å². The number of benzene rings is 1. The molecule has 3 nitrogen and oxygen atoms in total. The Morgan fingerprint density at radius 1 is 1.15 bits per heavy atom. The molecule has 3 heteroatoms. The molecule has 1 aromatic carbocycles. The number of nitrogens with zero attached hydrogens (tertiary/aromatic N) is 2. The number of hydrogen-bond donors (Lipinski definition) is 0. The number of rotatable bonds is 4. The molecule has 104 valence electrons. The molecular weight excluding hydrogens is 248 g/mol. The lowest BCUT2D eigenvalue weighted by Crippen LogP contribution is -2.32. The molecule has 0 aliphatic carbocycles. The van der Waals surface area contributed by atoms with E-state index >= 15 is 0 Å². The largest absolute Gasteiger partial charge is 0.297 e. The summed E-state index contributed by atoms with van der Waals surface area (Å²) < 4.78 is 0. The Bertz CT molecular complexity index is 573. The minimum absolute atomic E-state index is 0.0798. The molecule has 2 rings (SSSR count). The van der Waals surface area contributed by atoms with Gasteiger partial charge in [-0.25, -0.2) is 4.98 Å². The standard InChI is InChI=1S/C17H20N2O/c1-4-19(16-11-13(2)10-14(3)18-16)17(20)12-15-8-6-5-7-9-15/h5-11H,4,12H2,1-3H3. The molecule has 0 spiro atoms. The van der Waals surface area contributed by atoms with Crippen LogP contribution in [0.3, 0.4) is 0 Å². The van der Waals surface area contributed by atoms with Gasteiger partial charge in [-0.2, -0.15) is 0 Å². The summed E-state index contributed by atoms with van der Waals surface area (Å²) in [6.07, 6.45) is 0.406. The first-order chi connectivity index (χ1) is 9.60. The van der Waals surface area contributed by atoms with E-state index in [0.29, 0.717) is 13.0 Å². The quantitative estimate of drug-likeness (QED) is 0.852. The van der Waals surface area contributed by atoms with E-state index in [9.17, 15) is 4.79 Å². The molecule has 0 aliphatic rings. The van der Waals surface area contributed by atoms with E-state index in [1.165, 1.54) is 0 Å². The Morgan fingerprint density at radius 2 is 1.85 bits per heavy atom. The highest BCUT2D eigenvalue weighted by molar-refractivity contribution is 5.93. The van der Waals surface area contributed by atoms with E-state index < -0.39 is 0 Å². The Hall–Kier alpha value is -2.16. The van der Waals surface area contributed by atoms with Crippen molar-refractivity contribution >= 4 is 11.7 Å². The highest BCUT2D eigenvalue weighted by Gasteiger charge is 2.16. The lowest BCUT2D eigenvalue weighted by atomic mass is 10.1. The fourth-order valence-electron chi connectivity index (χ4n) is 2.29. The van der Waals surface area contributed by atoms with Crippen LogP contribution in [0.4, 0.5) is 5.82 Å². The van der Waals surface area contributed by atoms with Crippen LogP contribution in [-0.2, 0) is 11.2 Å². The first-order valence-corrected chi connectivity index (χ1v) is 6.89. The highest BCUT2D eigenvalue weighted by Crippen LogP contribution is 2.16. The Kier molecular flexibility index (Phi) is 4.51. The van der Waals surface area contributed by atoms with Crippen molar-refractivity contribution in [3.05, 3.63) is 59.3 Å². The first kappa shape index (κ1) is 14.3. The fraction of sp³-hybridized carbons (Fsp3) is 0.294. The van der Waals surface area contributed by atoms with E-state index in [0.717, 1.165) is 22.6 Å². The number of amides is 1. The van der Waals surface area contributed by atoms with Crippen molar-refractivity contribution in [3.63, 3.8) is 0 Å². The molecule has 0 saturated carbocycles. The maximum Gasteiger partial charge on any atom is 0.232 e. The minimum atomic E-state index is 0.0798. The summed E-state index contributed by atoms with van der Waals surface area (Å²) in [6, 6.07) is 13.8.